The number of hydrogen-bond acceptors (Lipinski definition) is 17. The molecule has 0 spiro atoms. The second-order valence-electron chi connectivity index (χ2n) is 23.9. The third kappa shape index (κ3) is 10.2. The molecule has 81 heavy (non-hydrogen) atoms. The van der Waals surface area contributed by atoms with Gasteiger partial charge in [0.15, 0.2) is 17.4 Å². The van der Waals surface area contributed by atoms with Gasteiger partial charge in [0.25, 0.3) is 0 Å². The molecule has 18 nitrogen and oxygen atoms in total. The lowest BCUT2D eigenvalue weighted by Crippen LogP contribution is -2.53. The van der Waals surface area contributed by atoms with E-state index in [1.807, 2.05) is 87.8 Å². The van der Waals surface area contributed by atoms with Crippen LogP contribution in [0.1, 0.15) is 94.7 Å². The number of phenols is 1. The van der Waals surface area contributed by atoms with Crippen LogP contribution in [0, 0.1) is 18.7 Å². The number of carbonyl (C=O) groups excluding carboxylic acids is 2. The minimum Gasteiger partial charge on any atom is -0.508 e. The molecule has 424 valence electrons. The number of fused-ring (bicyclic) bond motifs is 5. The summed E-state index contributed by atoms with van der Waals surface area (Å²) in [5.74, 6) is -0.190. The number of nitrogens with zero attached hydrogens (tertiary/aromatic N) is 10. The maximum absolute atomic E-state index is 17.2. The van der Waals surface area contributed by atoms with E-state index >= 15 is 4.39 Å². The topological polar surface area (TPSA) is 202 Å². The Kier molecular flexibility index (Phi) is 14.4. The number of aliphatic hydroxyl groups excluding tert-OH is 1. The third-order valence-corrected chi connectivity index (χ3v) is 19.3. The number of piperazine rings is 2. The first-order chi connectivity index (χ1) is 39.2. The molecule has 6 aliphatic rings. The van der Waals surface area contributed by atoms with Crippen molar-refractivity contribution in [3.8, 4) is 33.5 Å². The number of rotatable bonds is 15. The zero-order valence-electron chi connectivity index (χ0n) is 46.4. The normalized spacial score (nSPS) is 24.9. The van der Waals surface area contributed by atoms with Gasteiger partial charge in [-0.1, -0.05) is 67.5 Å². The summed E-state index contributed by atoms with van der Waals surface area (Å²) in [6.45, 7) is 14.9. The number of β-amino-alcohol motifs (C(OH)–C–C–N with tert-alkyl or cyclic N) is 1. The molecule has 4 aromatic heterocycles. The predicted octanol–water partition coefficient (Wildman–Crippen LogP) is 7.83. The first-order valence-electron chi connectivity index (χ1n) is 29.0. The van der Waals surface area contributed by atoms with E-state index in [1.54, 1.807) is 29.7 Å². The number of carbonyl (C=O) groups is 2. The van der Waals surface area contributed by atoms with Crippen LogP contribution in [0.15, 0.2) is 83.0 Å². The van der Waals surface area contributed by atoms with Crippen LogP contribution < -0.4 is 25.2 Å². The van der Waals surface area contributed by atoms with Crippen molar-refractivity contribution in [2.24, 2.45) is 5.92 Å². The van der Waals surface area contributed by atoms with Gasteiger partial charge in [-0.3, -0.25) is 24.4 Å². The van der Waals surface area contributed by atoms with Gasteiger partial charge in [0.2, 0.25) is 11.8 Å². The van der Waals surface area contributed by atoms with Gasteiger partial charge >= 0.3 is 6.01 Å². The molecular weight excluding hydrogens is 1050 g/mol. The SMILES string of the molecule is Cc1ncsc1-c1ccc([C@H](C)NC(=O)[C@@H]2C[C@@H](O)CN2C(=O)[C@@H](c2cc(N3CCN(C[C@H]4CC[C@@]5(COc6nc(N7CC8CCC(C7)N8)c7cnc(-c8cc(O)cc9ccccc89)c(F)c7n6)CCCN45)CC3)no2)C(C)C)cc1. The number of pyridine rings is 1. The van der Waals surface area contributed by atoms with Crippen molar-refractivity contribution in [1.29, 1.82) is 0 Å². The van der Waals surface area contributed by atoms with Crippen LogP contribution in [-0.2, 0) is 9.59 Å². The molecule has 13 rings (SSSR count). The number of benzene rings is 3. The van der Waals surface area contributed by atoms with E-state index < -0.39 is 23.9 Å². The second-order valence-corrected chi connectivity index (χ2v) is 24.7. The Hall–Kier alpha value is -6.84. The summed E-state index contributed by atoms with van der Waals surface area (Å²) in [7, 11) is 0. The number of nitrogens with one attached hydrogen (secondary N) is 2. The zero-order valence-corrected chi connectivity index (χ0v) is 47.2. The Balaban J connectivity index is 0.652. The highest BCUT2D eigenvalue weighted by atomic mass is 32.1. The Bertz CT molecular complexity index is 3470. The summed E-state index contributed by atoms with van der Waals surface area (Å²) in [6.07, 6.45) is 7.24. The molecule has 10 heterocycles. The summed E-state index contributed by atoms with van der Waals surface area (Å²) in [5.41, 5.74) is 5.40. The Morgan fingerprint density at radius 3 is 2.48 bits per heavy atom. The molecule has 6 aliphatic heterocycles. The molecule has 6 saturated heterocycles. The number of aryl methyl sites for hydroxylation is 1. The number of aliphatic hydroxyl groups is 1. The quantitative estimate of drug-likeness (QED) is 0.0773. The molecule has 0 saturated carbocycles. The van der Waals surface area contributed by atoms with Gasteiger partial charge in [-0.2, -0.15) is 9.97 Å². The van der Waals surface area contributed by atoms with Gasteiger partial charge in [-0.25, -0.2) is 9.37 Å². The van der Waals surface area contributed by atoms with E-state index in [4.69, 9.17) is 24.2 Å². The fourth-order valence-corrected chi connectivity index (χ4v) is 14.9. The second kappa shape index (κ2) is 21.8. The van der Waals surface area contributed by atoms with E-state index in [1.165, 1.54) is 4.90 Å². The number of aromatic nitrogens is 5. The molecule has 6 fully saturated rings. The molecule has 7 aromatic rings. The zero-order chi connectivity index (χ0) is 55.7. The monoisotopic (exact) mass is 1120 g/mol. The molecule has 3 aromatic carbocycles. The lowest BCUT2D eigenvalue weighted by molar-refractivity contribution is -0.141. The van der Waals surface area contributed by atoms with E-state index in [0.29, 0.717) is 53.1 Å². The van der Waals surface area contributed by atoms with Gasteiger partial charge in [0.1, 0.15) is 41.3 Å². The van der Waals surface area contributed by atoms with Crippen LogP contribution in [0.25, 0.3) is 43.4 Å². The number of aromatic hydroxyl groups is 1. The van der Waals surface area contributed by atoms with Crippen molar-refractivity contribution in [3.05, 3.63) is 101 Å². The highest BCUT2D eigenvalue weighted by Crippen LogP contribution is 2.44. The molecule has 2 amide bonds. The summed E-state index contributed by atoms with van der Waals surface area (Å²) in [4.78, 5) is 59.7. The highest BCUT2D eigenvalue weighted by Gasteiger charge is 2.51. The average Bonchev–Trinajstić information content (AvgIpc) is 4.56. The van der Waals surface area contributed by atoms with Crippen molar-refractivity contribution in [3.63, 3.8) is 0 Å². The fourth-order valence-electron chi connectivity index (χ4n) is 14.1. The molecule has 4 N–H and O–H groups in total. The largest absolute Gasteiger partial charge is 0.508 e. The Morgan fingerprint density at radius 2 is 1.72 bits per heavy atom. The van der Waals surface area contributed by atoms with Crippen molar-refractivity contribution < 1.29 is 33.5 Å². The number of hydrogen-bond donors (Lipinski definition) is 4. The number of ether oxygens (including phenoxy) is 1. The standard InChI is InChI=1S/C61H71FN12O6S/c1-35(2)52(59(78)73-32-45(76)26-49(73)58(77)65-36(3)38-10-12-39(13-11-38)56-37(4)64-34-81-56)50-27-51(69-80-50)71-22-20-70(21-23-71)31-43-16-18-61(17-7-19-74(43)61)33-79-60-67-55-48(57(68-60)72-29-41-14-15-42(30-72)66-41)28-63-54(53(55)62)47-25-44(75)24-40-8-5-6-9-46(40)47/h5-6,8-13,24-25,27-28,34-36,41-43,45,49,52,66,75-76H,7,14-23,26,29-33H2,1-4H3,(H,65,77)/t36-,41?,42?,43+,45+,49-,52+,61+/m0/s1. The average molecular weight is 1120 g/mol. The van der Waals surface area contributed by atoms with E-state index in [0.717, 1.165) is 123 Å². The Labute approximate surface area is 474 Å². The van der Waals surface area contributed by atoms with Crippen LogP contribution in [0.5, 0.6) is 11.8 Å². The lowest BCUT2D eigenvalue weighted by atomic mass is 9.91. The summed E-state index contributed by atoms with van der Waals surface area (Å²) >= 11 is 1.59. The third-order valence-electron chi connectivity index (χ3n) is 18.3. The predicted molar refractivity (Wildman–Crippen MR) is 309 cm³/mol. The highest BCUT2D eigenvalue weighted by molar-refractivity contribution is 7.13. The van der Waals surface area contributed by atoms with Gasteiger partial charge in [0.05, 0.1) is 39.2 Å². The maximum Gasteiger partial charge on any atom is 0.319 e. The van der Waals surface area contributed by atoms with Crippen LogP contribution in [-0.4, -0.2) is 163 Å². The van der Waals surface area contributed by atoms with E-state index in [-0.39, 0.29) is 65.2 Å². The minimum atomic E-state index is -0.827. The molecule has 2 bridgehead atoms. The first kappa shape index (κ1) is 53.5. The molecule has 0 radical (unpaired) electrons. The summed E-state index contributed by atoms with van der Waals surface area (Å²) in [5, 5.41) is 35.0. The van der Waals surface area contributed by atoms with Crippen molar-refractivity contribution in [2.75, 3.05) is 75.3 Å². The van der Waals surface area contributed by atoms with Crippen LogP contribution in [0.4, 0.5) is 16.0 Å². The first-order valence-corrected chi connectivity index (χ1v) is 29.9. The molecule has 2 unspecified atom stereocenters. The number of phenolic OH excluding ortho intramolecular Hbond substituents is 1. The van der Waals surface area contributed by atoms with Gasteiger partial charge in [-0.15, -0.1) is 11.3 Å². The minimum absolute atomic E-state index is 0.0331. The van der Waals surface area contributed by atoms with Gasteiger partial charge < -0.3 is 44.8 Å². The van der Waals surface area contributed by atoms with Gasteiger partial charge in [0, 0.05) is 94.7 Å². The number of amides is 2. The fraction of sp³-hybridized carbons (Fsp3) is 0.492. The number of anilines is 2. The molecule has 0 aliphatic carbocycles. The van der Waals surface area contributed by atoms with E-state index in [2.05, 4.69) is 40.4 Å². The van der Waals surface area contributed by atoms with Crippen molar-refractivity contribution >= 4 is 56.5 Å². The summed E-state index contributed by atoms with van der Waals surface area (Å²) < 4.78 is 29.9. The van der Waals surface area contributed by atoms with E-state index in [9.17, 15) is 19.8 Å². The molecular formula is C61H71FN12O6S. The van der Waals surface area contributed by atoms with Crippen molar-refractivity contribution in [2.45, 2.75) is 120 Å². The number of likely N-dealkylation sites (tertiary alicyclic amines) is 1. The van der Waals surface area contributed by atoms with Crippen LogP contribution >= 0.6 is 11.3 Å². The molecule has 8 atom stereocenters. The molecule has 20 heteroatoms. The van der Waals surface area contributed by atoms with Crippen LogP contribution in [0.3, 0.4) is 0 Å². The number of thiazole rings is 1. The van der Waals surface area contributed by atoms with Crippen molar-refractivity contribution in [1.82, 2.24) is 50.4 Å². The lowest BCUT2D eigenvalue weighted by Gasteiger charge is -2.39. The van der Waals surface area contributed by atoms with Crippen LogP contribution in [0.2, 0.25) is 0 Å². The smallest absolute Gasteiger partial charge is 0.319 e. The number of halogens is 1. The summed E-state index contributed by atoms with van der Waals surface area (Å²) in [6, 6.07) is 20.8. The Morgan fingerprint density at radius 1 is 0.926 bits per heavy atom. The van der Waals surface area contributed by atoms with Gasteiger partial charge in [-0.05, 0) is 98.9 Å². The maximum atomic E-state index is 17.2.